The van der Waals surface area contributed by atoms with Crippen molar-refractivity contribution in [2.75, 3.05) is 7.11 Å². The van der Waals surface area contributed by atoms with Crippen LogP contribution in [0.2, 0.25) is 0 Å². The molecule has 2 aromatic carbocycles. The molecular formula is C34H45F3O6. The Hall–Kier alpha value is -2.91. The number of hydrogen-bond acceptors (Lipinski definition) is 6. The Morgan fingerprint density at radius 3 is 2.02 bits per heavy atom. The van der Waals surface area contributed by atoms with Gasteiger partial charge in [0.05, 0.1) is 12.0 Å². The lowest BCUT2D eigenvalue weighted by atomic mass is 9.82. The summed E-state index contributed by atoms with van der Waals surface area (Å²) in [5.74, 6) is -2.41. The molecular weight excluding hydrogens is 561 g/mol. The summed E-state index contributed by atoms with van der Waals surface area (Å²) >= 11 is 0. The fraction of sp³-hybridized carbons (Fsp3) is 0.588. The number of carbonyl (C=O) groups is 2. The van der Waals surface area contributed by atoms with Gasteiger partial charge in [-0.1, -0.05) is 106 Å². The van der Waals surface area contributed by atoms with E-state index < -0.39 is 53.0 Å². The number of aryl methyl sites for hydroxylation is 1. The molecule has 1 aliphatic heterocycles. The summed E-state index contributed by atoms with van der Waals surface area (Å²) in [5, 5.41) is 11.1. The molecule has 0 aromatic heterocycles. The number of hydrogen-bond donors (Lipinski definition) is 1. The van der Waals surface area contributed by atoms with Gasteiger partial charge in [-0.25, -0.2) is 4.79 Å². The summed E-state index contributed by atoms with van der Waals surface area (Å²) in [4.78, 5) is 25.5. The number of cyclic esters (lactones) is 1. The zero-order valence-corrected chi connectivity index (χ0v) is 25.5. The highest BCUT2D eigenvalue weighted by molar-refractivity contribution is 5.84. The molecule has 1 N–H and O–H groups in total. The van der Waals surface area contributed by atoms with E-state index in [1.807, 2.05) is 6.07 Å². The molecule has 2 aromatic rings. The summed E-state index contributed by atoms with van der Waals surface area (Å²) in [6.07, 6.45) is 3.08. The first-order valence-corrected chi connectivity index (χ1v) is 15.2. The first-order valence-electron chi connectivity index (χ1n) is 15.2. The van der Waals surface area contributed by atoms with E-state index in [1.54, 1.807) is 6.92 Å². The number of carbonyl (C=O) groups excluding carboxylic acids is 2. The molecule has 0 radical (unpaired) electrons. The van der Waals surface area contributed by atoms with Crippen LogP contribution in [0.1, 0.15) is 95.6 Å². The van der Waals surface area contributed by atoms with Crippen LogP contribution in [0.5, 0.6) is 0 Å². The highest BCUT2D eigenvalue weighted by atomic mass is 19.4. The number of halogens is 3. The predicted molar refractivity (Wildman–Crippen MR) is 157 cm³/mol. The Morgan fingerprint density at radius 2 is 1.47 bits per heavy atom. The van der Waals surface area contributed by atoms with Crippen LogP contribution < -0.4 is 0 Å². The summed E-state index contributed by atoms with van der Waals surface area (Å²) in [5.41, 5.74) is -5.25. The summed E-state index contributed by atoms with van der Waals surface area (Å²) < 4.78 is 58.6. The summed E-state index contributed by atoms with van der Waals surface area (Å²) in [6, 6.07) is 17.0. The fourth-order valence-corrected chi connectivity index (χ4v) is 6.04. The lowest BCUT2D eigenvalue weighted by Gasteiger charge is -2.38. The van der Waals surface area contributed by atoms with Gasteiger partial charge in [0.25, 0.3) is 5.60 Å². The van der Waals surface area contributed by atoms with Crippen LogP contribution in [-0.2, 0) is 35.8 Å². The Morgan fingerprint density at radius 1 is 0.930 bits per heavy atom. The van der Waals surface area contributed by atoms with E-state index in [1.165, 1.54) is 49.9 Å². The van der Waals surface area contributed by atoms with Crippen molar-refractivity contribution < 1.29 is 42.1 Å². The Kier molecular flexibility index (Phi) is 12.2. The lowest BCUT2D eigenvalue weighted by molar-refractivity contribution is -0.280. The highest BCUT2D eigenvalue weighted by Crippen LogP contribution is 2.45. The maximum absolute atomic E-state index is 14.3. The van der Waals surface area contributed by atoms with Gasteiger partial charge in [0, 0.05) is 19.1 Å². The third-order valence-corrected chi connectivity index (χ3v) is 8.31. The monoisotopic (exact) mass is 606 g/mol. The van der Waals surface area contributed by atoms with Crippen LogP contribution >= 0.6 is 0 Å². The number of aliphatic hydroxyl groups is 1. The lowest BCUT2D eigenvalue weighted by Crippen LogP contribution is -2.54. The number of alkyl halides is 3. The van der Waals surface area contributed by atoms with Crippen LogP contribution in [0, 0.1) is 0 Å². The number of benzene rings is 2. The summed E-state index contributed by atoms with van der Waals surface area (Å²) in [6.45, 7) is 3.09. The first kappa shape index (κ1) is 34.6. The van der Waals surface area contributed by atoms with Crippen molar-refractivity contribution in [1.29, 1.82) is 0 Å². The maximum Gasteiger partial charge on any atom is 0.432 e. The van der Waals surface area contributed by atoms with E-state index in [0.29, 0.717) is 6.42 Å². The standard InChI is InChI=1S/C34H45F3O6/c1-31(40,23-17-9-7-5-4-6-8-12-18-26-19-13-10-14-20-26)25-32(2)28(24-29(38)43-32)42-30(39)33(41-3,34(35,36)37)27-21-15-11-16-22-27/h10-11,13-16,19-22,28,40H,4-9,12,17-18,23-25H2,1-3H3/t28-,31-,32-,33+/m1/s1. The predicted octanol–water partition coefficient (Wildman–Crippen LogP) is 7.60. The third-order valence-electron chi connectivity index (χ3n) is 8.31. The molecule has 6 nitrogen and oxygen atoms in total. The molecule has 1 heterocycles. The fourth-order valence-electron chi connectivity index (χ4n) is 6.04. The molecule has 0 spiro atoms. The second-order valence-corrected chi connectivity index (χ2v) is 12.1. The molecule has 0 bridgehead atoms. The highest BCUT2D eigenvalue weighted by Gasteiger charge is 2.65. The molecule has 43 heavy (non-hydrogen) atoms. The minimum atomic E-state index is -5.15. The minimum absolute atomic E-state index is 0.0948. The van der Waals surface area contributed by atoms with E-state index >= 15 is 0 Å². The number of esters is 2. The van der Waals surface area contributed by atoms with Crippen LogP contribution in [0.4, 0.5) is 13.2 Å². The van der Waals surface area contributed by atoms with E-state index in [2.05, 4.69) is 24.3 Å². The Balaban J connectivity index is 1.48. The maximum atomic E-state index is 14.3. The average Bonchev–Trinajstić information content (AvgIpc) is 3.21. The molecule has 0 saturated carbocycles. The van der Waals surface area contributed by atoms with Crippen molar-refractivity contribution in [2.24, 2.45) is 0 Å². The van der Waals surface area contributed by atoms with Crippen molar-refractivity contribution in [3.63, 3.8) is 0 Å². The van der Waals surface area contributed by atoms with Gasteiger partial charge in [-0.2, -0.15) is 13.2 Å². The molecule has 4 atom stereocenters. The molecule has 9 heteroatoms. The second kappa shape index (κ2) is 15.2. The average molecular weight is 607 g/mol. The molecule has 1 saturated heterocycles. The van der Waals surface area contributed by atoms with Crippen molar-refractivity contribution in [3.8, 4) is 0 Å². The van der Waals surface area contributed by atoms with Gasteiger partial charge in [0.1, 0.15) is 5.60 Å². The molecule has 3 rings (SSSR count). The van der Waals surface area contributed by atoms with Crippen LogP contribution in [-0.4, -0.2) is 47.6 Å². The molecule has 0 aliphatic carbocycles. The van der Waals surface area contributed by atoms with Gasteiger partial charge in [0.15, 0.2) is 6.10 Å². The van der Waals surface area contributed by atoms with Crippen molar-refractivity contribution in [1.82, 2.24) is 0 Å². The number of ether oxygens (including phenoxy) is 3. The largest absolute Gasteiger partial charge is 0.455 e. The van der Waals surface area contributed by atoms with Crippen LogP contribution in [0.15, 0.2) is 60.7 Å². The first-order chi connectivity index (χ1) is 20.3. The molecule has 1 aliphatic rings. The van der Waals surface area contributed by atoms with Gasteiger partial charge in [0.2, 0.25) is 0 Å². The van der Waals surface area contributed by atoms with Gasteiger partial charge >= 0.3 is 18.1 Å². The van der Waals surface area contributed by atoms with Crippen LogP contribution in [0.3, 0.4) is 0 Å². The molecule has 0 amide bonds. The van der Waals surface area contributed by atoms with E-state index in [4.69, 9.17) is 14.2 Å². The van der Waals surface area contributed by atoms with Gasteiger partial charge < -0.3 is 19.3 Å². The molecule has 238 valence electrons. The Labute approximate surface area is 252 Å². The molecule has 0 unspecified atom stereocenters. The van der Waals surface area contributed by atoms with Crippen molar-refractivity contribution in [2.45, 2.75) is 120 Å². The van der Waals surface area contributed by atoms with Gasteiger partial charge in [-0.3, -0.25) is 4.79 Å². The SMILES string of the molecule is CO[C@](C(=O)O[C@@H]1CC(=O)O[C@]1(C)C[C@](C)(O)CCCCCCCCCCc1ccccc1)(c1ccccc1)C(F)(F)F. The third kappa shape index (κ3) is 9.29. The van der Waals surface area contributed by atoms with Crippen molar-refractivity contribution in [3.05, 3.63) is 71.8 Å². The zero-order valence-electron chi connectivity index (χ0n) is 25.5. The Bertz CT molecular complexity index is 1150. The summed E-state index contributed by atoms with van der Waals surface area (Å²) in [7, 11) is 0.786. The quantitative estimate of drug-likeness (QED) is 0.148. The van der Waals surface area contributed by atoms with E-state index in [9.17, 15) is 27.9 Å². The van der Waals surface area contributed by atoms with E-state index in [0.717, 1.165) is 57.8 Å². The number of rotatable bonds is 17. The smallest absolute Gasteiger partial charge is 0.432 e. The molecule has 1 fully saturated rings. The topological polar surface area (TPSA) is 82.1 Å². The number of methoxy groups -OCH3 is 1. The van der Waals surface area contributed by atoms with Gasteiger partial charge in [-0.15, -0.1) is 0 Å². The minimum Gasteiger partial charge on any atom is -0.455 e. The van der Waals surface area contributed by atoms with E-state index in [-0.39, 0.29) is 6.42 Å². The second-order valence-electron chi connectivity index (χ2n) is 12.1. The number of unbranched alkanes of at least 4 members (excludes halogenated alkanes) is 7. The van der Waals surface area contributed by atoms with Crippen molar-refractivity contribution >= 4 is 11.9 Å². The van der Waals surface area contributed by atoms with Gasteiger partial charge in [-0.05, 0) is 38.7 Å². The zero-order chi connectivity index (χ0) is 31.6. The van der Waals surface area contributed by atoms with Crippen LogP contribution in [0.25, 0.3) is 0 Å². The normalized spacial score (nSPS) is 21.6.